The lowest BCUT2D eigenvalue weighted by atomic mass is 10.1. The molecule has 2 N–H and O–H groups in total. The molecule has 0 aromatic heterocycles. The number of ether oxygens (including phenoxy) is 2. The fourth-order valence-corrected chi connectivity index (χ4v) is 1.55. The van der Waals surface area contributed by atoms with Crippen molar-refractivity contribution in [1.82, 2.24) is 0 Å². The van der Waals surface area contributed by atoms with Crippen LogP contribution in [0, 0.1) is 0 Å². The molecule has 1 unspecified atom stereocenters. The van der Waals surface area contributed by atoms with Crippen LogP contribution in [-0.2, 0) is 6.42 Å². The maximum atomic E-state index is 5.82. The topological polar surface area (TPSA) is 44.5 Å². The average Bonchev–Trinajstić information content (AvgIpc) is 2.30. The number of hydrogen-bond donors (Lipinski definition) is 1. The number of rotatable bonds is 6. The van der Waals surface area contributed by atoms with Crippen LogP contribution in [0.1, 0.15) is 19.4 Å². The normalized spacial score (nSPS) is 12.7. The standard InChI is InChI=1S/C14H21NO2/c1-4-5-8-17-14-10-13(16-3)7-6-12(14)9-11(2)15/h4-7,10-11H,8-9,15H2,1-3H3/b5-4+. The van der Waals surface area contributed by atoms with Crippen molar-refractivity contribution in [1.29, 1.82) is 0 Å². The van der Waals surface area contributed by atoms with E-state index < -0.39 is 0 Å². The molecule has 0 saturated carbocycles. The van der Waals surface area contributed by atoms with Crippen LogP contribution in [0.15, 0.2) is 30.4 Å². The Hall–Kier alpha value is -1.48. The van der Waals surface area contributed by atoms with Crippen molar-refractivity contribution in [3.8, 4) is 11.5 Å². The molecular formula is C14H21NO2. The number of allylic oxidation sites excluding steroid dienone is 1. The molecule has 0 heterocycles. The number of hydrogen-bond acceptors (Lipinski definition) is 3. The van der Waals surface area contributed by atoms with Gasteiger partial charge in [0.25, 0.3) is 0 Å². The smallest absolute Gasteiger partial charge is 0.126 e. The van der Waals surface area contributed by atoms with Gasteiger partial charge in [0.1, 0.15) is 18.1 Å². The summed E-state index contributed by atoms with van der Waals surface area (Å²) in [7, 11) is 1.65. The molecule has 0 saturated heterocycles. The van der Waals surface area contributed by atoms with Crippen LogP contribution in [0.25, 0.3) is 0 Å². The molecule has 3 nitrogen and oxygen atoms in total. The molecule has 0 aliphatic rings. The lowest BCUT2D eigenvalue weighted by molar-refractivity contribution is 0.352. The number of nitrogens with two attached hydrogens (primary N) is 1. The fourth-order valence-electron chi connectivity index (χ4n) is 1.55. The van der Waals surface area contributed by atoms with E-state index in [4.69, 9.17) is 15.2 Å². The summed E-state index contributed by atoms with van der Waals surface area (Å²) in [6.45, 7) is 4.52. The molecule has 1 aromatic carbocycles. The molecular weight excluding hydrogens is 214 g/mol. The highest BCUT2D eigenvalue weighted by atomic mass is 16.5. The second kappa shape index (κ2) is 6.97. The highest BCUT2D eigenvalue weighted by molar-refractivity contribution is 5.41. The maximum absolute atomic E-state index is 5.82. The van der Waals surface area contributed by atoms with Gasteiger partial charge in [-0.25, -0.2) is 0 Å². The van der Waals surface area contributed by atoms with Crippen molar-refractivity contribution in [3.05, 3.63) is 35.9 Å². The molecule has 0 amide bonds. The Morgan fingerprint density at radius 1 is 1.41 bits per heavy atom. The molecule has 17 heavy (non-hydrogen) atoms. The first-order valence-electron chi connectivity index (χ1n) is 5.83. The molecule has 1 atom stereocenters. The van der Waals surface area contributed by atoms with Gasteiger partial charge in [-0.15, -0.1) is 0 Å². The molecule has 94 valence electrons. The van der Waals surface area contributed by atoms with Gasteiger partial charge in [0.2, 0.25) is 0 Å². The number of methoxy groups -OCH3 is 1. The largest absolute Gasteiger partial charge is 0.497 e. The van der Waals surface area contributed by atoms with Crippen LogP contribution >= 0.6 is 0 Å². The van der Waals surface area contributed by atoms with E-state index in [1.54, 1.807) is 7.11 Å². The lowest BCUT2D eigenvalue weighted by Crippen LogP contribution is -2.18. The summed E-state index contributed by atoms with van der Waals surface area (Å²) in [4.78, 5) is 0. The molecule has 0 radical (unpaired) electrons. The Labute approximate surface area is 103 Å². The van der Waals surface area contributed by atoms with Gasteiger partial charge in [0.15, 0.2) is 0 Å². The van der Waals surface area contributed by atoms with Crippen LogP contribution in [0.4, 0.5) is 0 Å². The third-order valence-corrected chi connectivity index (χ3v) is 2.39. The Balaban J connectivity index is 2.86. The van der Waals surface area contributed by atoms with Crippen molar-refractivity contribution < 1.29 is 9.47 Å². The van der Waals surface area contributed by atoms with Crippen molar-refractivity contribution in [2.24, 2.45) is 5.73 Å². The van der Waals surface area contributed by atoms with Gasteiger partial charge in [0, 0.05) is 12.1 Å². The van der Waals surface area contributed by atoms with E-state index in [0.29, 0.717) is 6.61 Å². The molecule has 0 aliphatic carbocycles. The zero-order valence-corrected chi connectivity index (χ0v) is 10.8. The van der Waals surface area contributed by atoms with E-state index >= 15 is 0 Å². The lowest BCUT2D eigenvalue weighted by Gasteiger charge is -2.13. The van der Waals surface area contributed by atoms with Gasteiger partial charge in [-0.3, -0.25) is 0 Å². The van der Waals surface area contributed by atoms with Gasteiger partial charge in [0.05, 0.1) is 7.11 Å². The maximum Gasteiger partial charge on any atom is 0.126 e. The zero-order valence-electron chi connectivity index (χ0n) is 10.8. The summed E-state index contributed by atoms with van der Waals surface area (Å²) >= 11 is 0. The van der Waals surface area contributed by atoms with Gasteiger partial charge in [-0.1, -0.05) is 18.2 Å². The van der Waals surface area contributed by atoms with E-state index in [1.165, 1.54) is 0 Å². The van der Waals surface area contributed by atoms with E-state index in [-0.39, 0.29) is 6.04 Å². The molecule has 1 rings (SSSR count). The summed E-state index contributed by atoms with van der Waals surface area (Å²) in [5.74, 6) is 1.65. The predicted molar refractivity (Wildman–Crippen MR) is 70.7 cm³/mol. The second-order valence-corrected chi connectivity index (χ2v) is 4.04. The molecule has 0 bridgehead atoms. The quantitative estimate of drug-likeness (QED) is 0.771. The Morgan fingerprint density at radius 3 is 2.76 bits per heavy atom. The summed E-state index contributed by atoms with van der Waals surface area (Å²) < 4.78 is 10.9. The van der Waals surface area contributed by atoms with E-state index in [1.807, 2.05) is 44.2 Å². The molecule has 0 aliphatic heterocycles. The average molecular weight is 235 g/mol. The summed E-state index contributed by atoms with van der Waals surface area (Å²) in [5, 5.41) is 0. The highest BCUT2D eigenvalue weighted by Gasteiger charge is 2.07. The van der Waals surface area contributed by atoms with Gasteiger partial charge in [-0.2, -0.15) is 0 Å². The SMILES string of the molecule is C/C=C/COc1cc(OC)ccc1CC(C)N. The summed E-state index contributed by atoms with van der Waals surface area (Å²) in [6.07, 6.45) is 4.73. The van der Waals surface area contributed by atoms with Crippen molar-refractivity contribution in [3.63, 3.8) is 0 Å². The number of benzene rings is 1. The van der Waals surface area contributed by atoms with Crippen molar-refractivity contribution in [2.75, 3.05) is 13.7 Å². The first-order valence-corrected chi connectivity index (χ1v) is 5.83. The summed E-state index contributed by atoms with van der Waals surface area (Å²) in [6, 6.07) is 5.96. The van der Waals surface area contributed by atoms with E-state index in [2.05, 4.69) is 0 Å². The third kappa shape index (κ3) is 4.49. The van der Waals surface area contributed by atoms with Crippen LogP contribution in [-0.4, -0.2) is 19.8 Å². The molecule has 3 heteroatoms. The molecule has 1 aromatic rings. The van der Waals surface area contributed by atoms with Gasteiger partial charge >= 0.3 is 0 Å². The van der Waals surface area contributed by atoms with Crippen LogP contribution in [0.5, 0.6) is 11.5 Å². The van der Waals surface area contributed by atoms with E-state index in [0.717, 1.165) is 23.5 Å². The Kier molecular flexibility index (Phi) is 5.57. The second-order valence-electron chi connectivity index (χ2n) is 4.04. The Bertz CT molecular complexity index is 372. The highest BCUT2D eigenvalue weighted by Crippen LogP contribution is 2.25. The van der Waals surface area contributed by atoms with Crippen molar-refractivity contribution in [2.45, 2.75) is 26.3 Å². The first kappa shape index (κ1) is 13.6. The fraction of sp³-hybridized carbons (Fsp3) is 0.429. The first-order chi connectivity index (χ1) is 8.17. The van der Waals surface area contributed by atoms with Crippen LogP contribution in [0.2, 0.25) is 0 Å². The van der Waals surface area contributed by atoms with Crippen molar-refractivity contribution >= 4 is 0 Å². The molecule has 0 fully saturated rings. The minimum Gasteiger partial charge on any atom is -0.497 e. The van der Waals surface area contributed by atoms with Gasteiger partial charge < -0.3 is 15.2 Å². The minimum absolute atomic E-state index is 0.118. The third-order valence-electron chi connectivity index (χ3n) is 2.39. The monoisotopic (exact) mass is 235 g/mol. The van der Waals surface area contributed by atoms with Crippen LogP contribution < -0.4 is 15.2 Å². The predicted octanol–water partition coefficient (Wildman–Crippen LogP) is 2.54. The molecule has 0 spiro atoms. The van der Waals surface area contributed by atoms with Crippen LogP contribution in [0.3, 0.4) is 0 Å². The van der Waals surface area contributed by atoms with E-state index in [9.17, 15) is 0 Å². The van der Waals surface area contributed by atoms with Gasteiger partial charge in [-0.05, 0) is 31.9 Å². The zero-order chi connectivity index (χ0) is 12.7. The summed E-state index contributed by atoms with van der Waals surface area (Å²) in [5.41, 5.74) is 6.93. The minimum atomic E-state index is 0.118. The Morgan fingerprint density at radius 2 is 2.18 bits per heavy atom.